The smallest absolute Gasteiger partial charge is 0.138 e. The molecule has 0 spiro atoms. The van der Waals surface area contributed by atoms with Gasteiger partial charge in [-0.2, -0.15) is 0 Å². The lowest BCUT2D eigenvalue weighted by Gasteiger charge is -2.27. The molecule has 0 atom stereocenters. The van der Waals surface area contributed by atoms with Crippen LogP contribution < -0.4 is 10.1 Å². The summed E-state index contributed by atoms with van der Waals surface area (Å²) < 4.78 is 5.67. The molecule has 1 saturated heterocycles. The second-order valence-electron chi connectivity index (χ2n) is 5.00. The van der Waals surface area contributed by atoms with Crippen molar-refractivity contribution in [3.63, 3.8) is 0 Å². The van der Waals surface area contributed by atoms with E-state index in [0.717, 1.165) is 54.6 Å². The van der Waals surface area contributed by atoms with Crippen LogP contribution >= 0.6 is 11.6 Å². The number of nitrogens with zero attached hydrogens (tertiary/aromatic N) is 1. The third kappa shape index (κ3) is 4.23. The van der Waals surface area contributed by atoms with E-state index < -0.39 is 0 Å². The summed E-state index contributed by atoms with van der Waals surface area (Å²) in [5, 5.41) is 4.07. The Morgan fingerprint density at radius 1 is 1.42 bits per heavy atom. The molecular weight excluding hydrogens is 260 g/mol. The molecule has 0 aliphatic carbocycles. The molecule has 1 aliphatic heterocycles. The molecule has 104 valence electrons. The first-order valence-corrected chi connectivity index (χ1v) is 7.02. The number of nitrogens with one attached hydrogen (secondary N) is 1. The molecule has 0 amide bonds. The van der Waals surface area contributed by atoms with Crippen LogP contribution in [0.1, 0.15) is 12.5 Å². The van der Waals surface area contributed by atoms with Crippen LogP contribution in [-0.4, -0.2) is 37.7 Å². The van der Waals surface area contributed by atoms with Gasteiger partial charge in [-0.05, 0) is 24.1 Å². The van der Waals surface area contributed by atoms with Crippen LogP contribution in [0, 0.1) is 0 Å². The van der Waals surface area contributed by atoms with Crippen LogP contribution in [-0.2, 0) is 6.54 Å². The van der Waals surface area contributed by atoms with Crippen LogP contribution in [0.4, 0.5) is 0 Å². The van der Waals surface area contributed by atoms with Gasteiger partial charge in [0.2, 0.25) is 0 Å². The van der Waals surface area contributed by atoms with Gasteiger partial charge in [-0.15, -0.1) is 0 Å². The van der Waals surface area contributed by atoms with E-state index in [-0.39, 0.29) is 0 Å². The molecule has 0 unspecified atom stereocenters. The van der Waals surface area contributed by atoms with Crippen LogP contribution in [0.25, 0.3) is 0 Å². The Labute approximate surface area is 120 Å². The van der Waals surface area contributed by atoms with Gasteiger partial charge in [-0.3, -0.25) is 4.90 Å². The van der Waals surface area contributed by atoms with Crippen molar-refractivity contribution >= 4 is 11.6 Å². The Morgan fingerprint density at radius 2 is 2.16 bits per heavy atom. The first-order chi connectivity index (χ1) is 9.16. The maximum Gasteiger partial charge on any atom is 0.138 e. The third-order valence-electron chi connectivity index (χ3n) is 3.12. The Balaban J connectivity index is 2.03. The molecule has 1 N–H and O–H groups in total. The van der Waals surface area contributed by atoms with Crippen molar-refractivity contribution < 1.29 is 4.74 Å². The molecule has 3 nitrogen and oxygen atoms in total. The summed E-state index contributed by atoms with van der Waals surface area (Å²) in [5.74, 6) is 0.748. The molecule has 1 aliphatic rings. The number of halogens is 1. The average Bonchev–Trinajstić information content (AvgIpc) is 2.41. The zero-order chi connectivity index (χ0) is 13.7. The summed E-state index contributed by atoms with van der Waals surface area (Å²) in [6.07, 6.45) is 0. The number of rotatable bonds is 5. The Kier molecular flexibility index (Phi) is 5.25. The summed E-state index contributed by atoms with van der Waals surface area (Å²) in [6.45, 7) is 11.4. The van der Waals surface area contributed by atoms with Crippen molar-refractivity contribution in [2.75, 3.05) is 32.8 Å². The van der Waals surface area contributed by atoms with Gasteiger partial charge in [0.05, 0.1) is 5.02 Å². The minimum Gasteiger partial charge on any atom is -0.488 e. The molecule has 19 heavy (non-hydrogen) atoms. The van der Waals surface area contributed by atoms with Crippen molar-refractivity contribution in [2.45, 2.75) is 13.5 Å². The maximum absolute atomic E-state index is 6.41. The summed E-state index contributed by atoms with van der Waals surface area (Å²) in [7, 11) is 0. The van der Waals surface area contributed by atoms with Crippen LogP contribution in [0.5, 0.6) is 5.75 Å². The largest absolute Gasteiger partial charge is 0.488 e. The molecule has 2 rings (SSSR count). The highest BCUT2D eigenvalue weighted by atomic mass is 35.5. The molecule has 1 heterocycles. The minimum atomic E-state index is 0.511. The van der Waals surface area contributed by atoms with Crippen LogP contribution in [0.15, 0.2) is 30.4 Å². The van der Waals surface area contributed by atoms with Crippen molar-refractivity contribution in [1.82, 2.24) is 10.2 Å². The number of ether oxygens (including phenoxy) is 1. The first-order valence-electron chi connectivity index (χ1n) is 6.64. The summed E-state index contributed by atoms with van der Waals surface area (Å²) >= 11 is 6.41. The van der Waals surface area contributed by atoms with Crippen molar-refractivity contribution in [3.8, 4) is 5.75 Å². The van der Waals surface area contributed by atoms with E-state index in [1.807, 2.05) is 19.1 Å². The molecular formula is C15H21ClN2O. The molecule has 0 saturated carbocycles. The zero-order valence-corrected chi connectivity index (χ0v) is 12.2. The van der Waals surface area contributed by atoms with E-state index in [0.29, 0.717) is 6.61 Å². The number of hydrogen-bond acceptors (Lipinski definition) is 3. The summed E-state index contributed by atoms with van der Waals surface area (Å²) in [5.41, 5.74) is 2.12. The summed E-state index contributed by atoms with van der Waals surface area (Å²) in [6, 6.07) is 5.97. The number of hydrogen-bond donors (Lipinski definition) is 1. The van der Waals surface area contributed by atoms with E-state index in [2.05, 4.69) is 22.9 Å². The van der Waals surface area contributed by atoms with E-state index in [9.17, 15) is 0 Å². The van der Waals surface area contributed by atoms with E-state index in [1.165, 1.54) is 0 Å². The Hall–Kier alpha value is -1.03. The van der Waals surface area contributed by atoms with Gasteiger partial charge in [-0.25, -0.2) is 0 Å². The standard InChI is InChI=1S/C15H21ClN2O/c1-12(2)11-19-14-5-3-4-13(15(14)16)10-18-8-6-17-7-9-18/h3-5,17H,1,6-11H2,2H3. The van der Waals surface area contributed by atoms with Gasteiger partial charge in [0.15, 0.2) is 0 Å². The molecule has 0 radical (unpaired) electrons. The van der Waals surface area contributed by atoms with Crippen LogP contribution in [0.3, 0.4) is 0 Å². The van der Waals surface area contributed by atoms with Gasteiger partial charge in [0.25, 0.3) is 0 Å². The van der Waals surface area contributed by atoms with Gasteiger partial charge < -0.3 is 10.1 Å². The minimum absolute atomic E-state index is 0.511. The highest BCUT2D eigenvalue weighted by molar-refractivity contribution is 6.32. The van der Waals surface area contributed by atoms with Crippen LogP contribution in [0.2, 0.25) is 5.02 Å². The molecule has 1 aromatic carbocycles. The van der Waals surface area contributed by atoms with Crippen molar-refractivity contribution in [3.05, 3.63) is 40.9 Å². The number of benzene rings is 1. The van der Waals surface area contributed by atoms with Gasteiger partial charge in [0.1, 0.15) is 12.4 Å². The van der Waals surface area contributed by atoms with E-state index in [1.54, 1.807) is 0 Å². The second kappa shape index (κ2) is 6.94. The summed E-state index contributed by atoms with van der Waals surface area (Å²) in [4.78, 5) is 2.40. The van der Waals surface area contributed by atoms with Gasteiger partial charge in [0, 0.05) is 32.7 Å². The molecule has 4 heteroatoms. The lowest BCUT2D eigenvalue weighted by Crippen LogP contribution is -2.42. The fourth-order valence-electron chi connectivity index (χ4n) is 2.10. The zero-order valence-electron chi connectivity index (χ0n) is 11.4. The maximum atomic E-state index is 6.41. The third-order valence-corrected chi connectivity index (χ3v) is 3.55. The molecule has 1 fully saturated rings. The monoisotopic (exact) mass is 280 g/mol. The van der Waals surface area contributed by atoms with Crippen molar-refractivity contribution in [2.24, 2.45) is 0 Å². The topological polar surface area (TPSA) is 24.5 Å². The van der Waals surface area contributed by atoms with Gasteiger partial charge in [-0.1, -0.05) is 30.3 Å². The fourth-order valence-corrected chi connectivity index (χ4v) is 2.34. The normalized spacial score (nSPS) is 16.3. The molecule has 1 aromatic rings. The van der Waals surface area contributed by atoms with Gasteiger partial charge >= 0.3 is 0 Å². The van der Waals surface area contributed by atoms with E-state index >= 15 is 0 Å². The van der Waals surface area contributed by atoms with E-state index in [4.69, 9.17) is 16.3 Å². The predicted octanol–water partition coefficient (Wildman–Crippen LogP) is 2.70. The van der Waals surface area contributed by atoms with Crippen molar-refractivity contribution in [1.29, 1.82) is 0 Å². The Bertz CT molecular complexity index is 442. The quantitative estimate of drug-likeness (QED) is 0.840. The lowest BCUT2D eigenvalue weighted by atomic mass is 10.2. The Morgan fingerprint density at radius 3 is 2.84 bits per heavy atom. The predicted molar refractivity (Wildman–Crippen MR) is 79.9 cm³/mol. The second-order valence-corrected chi connectivity index (χ2v) is 5.38. The molecule has 0 aromatic heterocycles. The number of piperazine rings is 1. The highest BCUT2D eigenvalue weighted by Gasteiger charge is 2.13. The SMILES string of the molecule is C=C(C)COc1cccc(CN2CCNCC2)c1Cl. The highest BCUT2D eigenvalue weighted by Crippen LogP contribution is 2.29. The molecule has 0 bridgehead atoms. The average molecular weight is 281 g/mol. The fraction of sp³-hybridized carbons (Fsp3) is 0.467. The lowest BCUT2D eigenvalue weighted by molar-refractivity contribution is 0.233. The first kappa shape index (κ1) is 14.4.